The number of fused-ring (bicyclic) bond motifs is 3. The molecule has 1 aliphatic heterocycles. The molecule has 2 aromatic rings. The monoisotopic (exact) mass is 300 g/mol. The maximum Gasteiger partial charge on any atom is 0.0805 e. The molecule has 2 aliphatic rings. The van der Waals surface area contributed by atoms with Gasteiger partial charge in [0.2, 0.25) is 0 Å². The van der Waals surface area contributed by atoms with Crippen LogP contribution in [0.15, 0.2) is 29.3 Å². The van der Waals surface area contributed by atoms with Crippen molar-refractivity contribution in [1.82, 2.24) is 9.88 Å². The van der Waals surface area contributed by atoms with Crippen LogP contribution < -0.4 is 5.32 Å². The minimum absolute atomic E-state index is 0.551. The standard InChI is InChI=1S/C18H24N2S/c1-20-16-10-6-5-9-14(16)17-15(11-12-21-18(17)20)19-13-7-3-2-4-8-13/h5-6,9-10,13,15,19H,2-4,7-8,11-12H2,1H3. The molecule has 2 heterocycles. The van der Waals surface area contributed by atoms with Crippen molar-refractivity contribution in [2.24, 2.45) is 7.05 Å². The third kappa shape index (κ3) is 2.40. The Kier molecular flexibility index (Phi) is 3.72. The number of benzene rings is 1. The quantitative estimate of drug-likeness (QED) is 0.870. The fraction of sp³-hybridized carbons (Fsp3) is 0.556. The summed E-state index contributed by atoms with van der Waals surface area (Å²) in [6.07, 6.45) is 8.23. The molecule has 112 valence electrons. The molecule has 1 N–H and O–H groups in total. The predicted octanol–water partition coefficient (Wildman–Crippen LogP) is 4.64. The van der Waals surface area contributed by atoms with Gasteiger partial charge in [-0.2, -0.15) is 0 Å². The summed E-state index contributed by atoms with van der Waals surface area (Å²) < 4.78 is 2.39. The van der Waals surface area contributed by atoms with Gasteiger partial charge in [-0.3, -0.25) is 0 Å². The fourth-order valence-corrected chi connectivity index (χ4v) is 5.30. The zero-order valence-corrected chi connectivity index (χ0v) is 13.6. The van der Waals surface area contributed by atoms with Crippen molar-refractivity contribution in [3.05, 3.63) is 29.8 Å². The van der Waals surface area contributed by atoms with Crippen LogP contribution in [0.1, 0.15) is 50.1 Å². The van der Waals surface area contributed by atoms with Crippen LogP contribution in [0, 0.1) is 0 Å². The van der Waals surface area contributed by atoms with Crippen molar-refractivity contribution < 1.29 is 0 Å². The summed E-state index contributed by atoms with van der Waals surface area (Å²) in [4.78, 5) is 0. The smallest absolute Gasteiger partial charge is 0.0805 e. The van der Waals surface area contributed by atoms with Crippen molar-refractivity contribution in [1.29, 1.82) is 0 Å². The molecule has 1 saturated carbocycles. The molecule has 0 spiro atoms. The number of thioether (sulfide) groups is 1. The van der Waals surface area contributed by atoms with Gasteiger partial charge in [-0.05, 0) is 25.3 Å². The Labute approximate surface area is 131 Å². The largest absolute Gasteiger partial charge is 0.339 e. The highest BCUT2D eigenvalue weighted by atomic mass is 32.2. The summed E-state index contributed by atoms with van der Waals surface area (Å²) in [5.74, 6) is 1.24. The van der Waals surface area contributed by atoms with Crippen molar-refractivity contribution in [2.45, 2.75) is 55.6 Å². The Morgan fingerprint density at radius 2 is 1.90 bits per heavy atom. The highest BCUT2D eigenvalue weighted by Crippen LogP contribution is 2.42. The van der Waals surface area contributed by atoms with E-state index in [0.29, 0.717) is 6.04 Å². The van der Waals surface area contributed by atoms with Crippen molar-refractivity contribution in [3.8, 4) is 0 Å². The molecule has 0 amide bonds. The summed E-state index contributed by atoms with van der Waals surface area (Å²) in [6, 6.07) is 10.2. The Morgan fingerprint density at radius 1 is 1.10 bits per heavy atom. The molecule has 0 saturated heterocycles. The molecule has 1 aromatic carbocycles. The van der Waals surface area contributed by atoms with Crippen molar-refractivity contribution in [2.75, 3.05) is 5.75 Å². The first-order valence-corrected chi connectivity index (χ1v) is 9.29. The highest BCUT2D eigenvalue weighted by molar-refractivity contribution is 7.99. The summed E-state index contributed by atoms with van der Waals surface area (Å²) in [5.41, 5.74) is 2.95. The number of hydrogen-bond acceptors (Lipinski definition) is 2. The number of aromatic nitrogens is 1. The van der Waals surface area contributed by atoms with E-state index in [9.17, 15) is 0 Å². The lowest BCUT2D eigenvalue weighted by Gasteiger charge is -2.31. The third-order valence-corrected chi connectivity index (χ3v) is 6.33. The molecule has 0 radical (unpaired) electrons. The zero-order chi connectivity index (χ0) is 14.2. The van der Waals surface area contributed by atoms with E-state index in [4.69, 9.17) is 0 Å². The number of nitrogens with zero attached hydrogens (tertiary/aromatic N) is 1. The van der Waals surface area contributed by atoms with Gasteiger partial charge in [0.05, 0.1) is 5.03 Å². The molecule has 1 fully saturated rings. The first-order valence-electron chi connectivity index (χ1n) is 8.31. The first kappa shape index (κ1) is 13.7. The van der Waals surface area contributed by atoms with E-state index >= 15 is 0 Å². The van der Waals surface area contributed by atoms with E-state index in [2.05, 4.69) is 41.2 Å². The van der Waals surface area contributed by atoms with Gasteiger partial charge in [0, 0.05) is 41.4 Å². The fourth-order valence-electron chi connectivity index (χ4n) is 4.05. The SMILES string of the molecule is Cn1c2c(c3ccccc31)C(NC1CCCCC1)CCS2. The van der Waals surface area contributed by atoms with Gasteiger partial charge in [-0.25, -0.2) is 0 Å². The lowest BCUT2D eigenvalue weighted by molar-refractivity contribution is 0.332. The summed E-state index contributed by atoms with van der Waals surface area (Å²) >= 11 is 2.03. The van der Waals surface area contributed by atoms with Crippen LogP contribution in [-0.2, 0) is 7.05 Å². The van der Waals surface area contributed by atoms with E-state index < -0.39 is 0 Å². The molecular formula is C18H24N2S. The minimum Gasteiger partial charge on any atom is -0.339 e. The van der Waals surface area contributed by atoms with Crippen molar-refractivity contribution >= 4 is 22.7 Å². The first-order chi connectivity index (χ1) is 10.3. The summed E-state index contributed by atoms with van der Waals surface area (Å²) in [5, 5.41) is 6.93. The third-order valence-electron chi connectivity index (χ3n) is 5.13. The molecule has 4 rings (SSSR count). The maximum absolute atomic E-state index is 3.99. The lowest BCUT2D eigenvalue weighted by atomic mass is 9.93. The van der Waals surface area contributed by atoms with Gasteiger partial charge in [0.1, 0.15) is 0 Å². The predicted molar refractivity (Wildman–Crippen MR) is 91.0 cm³/mol. The molecule has 0 bridgehead atoms. The summed E-state index contributed by atoms with van der Waals surface area (Å²) in [7, 11) is 2.22. The Bertz CT molecular complexity index is 640. The van der Waals surface area contributed by atoms with Crippen LogP contribution in [0.4, 0.5) is 0 Å². The van der Waals surface area contributed by atoms with Crippen molar-refractivity contribution in [3.63, 3.8) is 0 Å². The normalized spacial score (nSPS) is 23.4. The Hall–Kier alpha value is -0.930. The van der Waals surface area contributed by atoms with Crippen LogP contribution in [-0.4, -0.2) is 16.4 Å². The van der Waals surface area contributed by atoms with Crippen LogP contribution in [0.25, 0.3) is 10.9 Å². The second-order valence-electron chi connectivity index (χ2n) is 6.49. The van der Waals surface area contributed by atoms with E-state index in [1.807, 2.05) is 11.8 Å². The molecule has 21 heavy (non-hydrogen) atoms. The van der Waals surface area contributed by atoms with Crippen LogP contribution >= 0.6 is 11.8 Å². The molecular weight excluding hydrogens is 276 g/mol. The molecule has 1 aromatic heterocycles. The number of hydrogen-bond donors (Lipinski definition) is 1. The zero-order valence-electron chi connectivity index (χ0n) is 12.8. The number of rotatable bonds is 2. The average Bonchev–Trinajstić information content (AvgIpc) is 2.83. The van der Waals surface area contributed by atoms with Gasteiger partial charge in [-0.15, -0.1) is 11.8 Å². The molecule has 1 atom stereocenters. The molecule has 1 unspecified atom stereocenters. The second kappa shape index (κ2) is 5.69. The topological polar surface area (TPSA) is 17.0 Å². The van der Waals surface area contributed by atoms with E-state index in [-0.39, 0.29) is 0 Å². The number of aryl methyl sites for hydroxylation is 1. The van der Waals surface area contributed by atoms with Crippen LogP contribution in [0.2, 0.25) is 0 Å². The second-order valence-corrected chi connectivity index (χ2v) is 7.57. The number of nitrogens with one attached hydrogen (secondary N) is 1. The van der Waals surface area contributed by atoms with Gasteiger partial charge in [-0.1, -0.05) is 37.5 Å². The van der Waals surface area contributed by atoms with E-state index in [1.165, 1.54) is 60.2 Å². The van der Waals surface area contributed by atoms with Crippen LogP contribution in [0.3, 0.4) is 0 Å². The van der Waals surface area contributed by atoms with Gasteiger partial charge in [0.25, 0.3) is 0 Å². The Morgan fingerprint density at radius 3 is 2.76 bits per heavy atom. The Balaban J connectivity index is 1.71. The lowest BCUT2D eigenvalue weighted by Crippen LogP contribution is -2.35. The van der Waals surface area contributed by atoms with Gasteiger partial charge >= 0.3 is 0 Å². The maximum atomic E-state index is 3.99. The molecule has 2 nitrogen and oxygen atoms in total. The van der Waals surface area contributed by atoms with E-state index in [1.54, 1.807) is 5.56 Å². The molecule has 3 heteroatoms. The molecule has 1 aliphatic carbocycles. The van der Waals surface area contributed by atoms with E-state index in [0.717, 1.165) is 6.04 Å². The summed E-state index contributed by atoms with van der Waals surface area (Å²) in [6.45, 7) is 0. The average molecular weight is 300 g/mol. The minimum atomic E-state index is 0.551. The van der Waals surface area contributed by atoms with Gasteiger partial charge in [0.15, 0.2) is 0 Å². The van der Waals surface area contributed by atoms with Crippen LogP contribution in [0.5, 0.6) is 0 Å². The number of para-hydroxylation sites is 1. The van der Waals surface area contributed by atoms with Gasteiger partial charge < -0.3 is 9.88 Å². The highest BCUT2D eigenvalue weighted by Gasteiger charge is 2.28.